The molecule has 2 aromatic rings. The summed E-state index contributed by atoms with van der Waals surface area (Å²) in [4.78, 5) is 15.8. The zero-order valence-corrected chi connectivity index (χ0v) is 11.9. The number of aliphatic hydroxyl groups excluding tert-OH is 1. The van der Waals surface area contributed by atoms with Crippen molar-refractivity contribution in [3.8, 4) is 10.6 Å². The molecule has 0 bridgehead atoms. The Kier molecular flexibility index (Phi) is 4.79. The maximum atomic E-state index is 12.8. The molecule has 0 aliphatic carbocycles. The number of rotatable bonds is 6. The lowest BCUT2D eigenvalue weighted by Gasteiger charge is -2.13. The molecule has 0 atom stereocenters. The molecular weight excluding hydrogens is 306 g/mol. The molecule has 4 nitrogen and oxygen atoms in total. The second kappa shape index (κ2) is 6.38. The van der Waals surface area contributed by atoms with Gasteiger partial charge in [-0.2, -0.15) is 11.3 Å². The van der Waals surface area contributed by atoms with Gasteiger partial charge in [0.15, 0.2) is 0 Å². The Morgan fingerprint density at radius 3 is 2.90 bits per heavy atom. The molecule has 0 fully saturated rings. The summed E-state index contributed by atoms with van der Waals surface area (Å²) in [6, 6.07) is 1.93. The van der Waals surface area contributed by atoms with Crippen molar-refractivity contribution < 1.29 is 18.7 Å². The van der Waals surface area contributed by atoms with Gasteiger partial charge in [0.25, 0.3) is 5.92 Å². The first-order chi connectivity index (χ1) is 9.50. The van der Waals surface area contributed by atoms with Gasteiger partial charge in [0.05, 0.1) is 18.7 Å². The molecule has 108 valence electrons. The number of amides is 1. The molecule has 2 aromatic heterocycles. The second-order valence-corrected chi connectivity index (χ2v) is 5.76. The topological polar surface area (TPSA) is 62.2 Å². The third-order valence-corrected chi connectivity index (χ3v) is 4.06. The fourth-order valence-corrected chi connectivity index (χ4v) is 2.95. The largest absolute Gasteiger partial charge is 0.390 e. The Morgan fingerprint density at radius 1 is 1.45 bits per heavy atom. The van der Waals surface area contributed by atoms with Gasteiger partial charge < -0.3 is 10.4 Å². The van der Waals surface area contributed by atoms with Crippen molar-refractivity contribution in [1.82, 2.24) is 10.3 Å². The van der Waals surface area contributed by atoms with Crippen molar-refractivity contribution >= 4 is 28.6 Å². The summed E-state index contributed by atoms with van der Waals surface area (Å²) in [6.07, 6.45) is -0.0534. The number of nitrogens with zero attached hydrogens (tertiary/aromatic N) is 1. The summed E-state index contributed by atoms with van der Waals surface area (Å²) in [5.41, 5.74) is 1.53. The SMILES string of the molecule is O=C(Cc1csc(-c2ccsc2)n1)NCC(F)(F)CO. The Hall–Kier alpha value is -1.38. The average Bonchev–Trinajstić information content (AvgIpc) is 3.07. The van der Waals surface area contributed by atoms with E-state index in [-0.39, 0.29) is 6.42 Å². The summed E-state index contributed by atoms with van der Waals surface area (Å²) >= 11 is 2.96. The molecule has 8 heteroatoms. The minimum absolute atomic E-state index is 0.0534. The van der Waals surface area contributed by atoms with E-state index in [0.29, 0.717) is 5.69 Å². The highest BCUT2D eigenvalue weighted by Crippen LogP contribution is 2.25. The molecule has 0 aliphatic rings. The molecule has 20 heavy (non-hydrogen) atoms. The number of halogens is 2. The zero-order chi connectivity index (χ0) is 14.6. The van der Waals surface area contributed by atoms with Crippen LogP contribution in [0.3, 0.4) is 0 Å². The molecule has 0 saturated carbocycles. The highest BCUT2D eigenvalue weighted by atomic mass is 32.1. The lowest BCUT2D eigenvalue weighted by molar-refractivity contribution is -0.123. The Morgan fingerprint density at radius 2 is 2.25 bits per heavy atom. The van der Waals surface area contributed by atoms with Crippen LogP contribution in [0, 0.1) is 0 Å². The lowest BCUT2D eigenvalue weighted by atomic mass is 10.3. The summed E-state index contributed by atoms with van der Waals surface area (Å²) in [6.45, 7) is -2.16. The van der Waals surface area contributed by atoms with Gasteiger partial charge in [0.1, 0.15) is 11.6 Å². The third-order valence-electron chi connectivity index (χ3n) is 2.44. The number of nitrogens with one attached hydrogen (secondary N) is 1. The Labute approximate surface area is 122 Å². The first-order valence-electron chi connectivity index (χ1n) is 5.72. The number of alkyl halides is 2. The third kappa shape index (κ3) is 4.06. The zero-order valence-electron chi connectivity index (χ0n) is 10.3. The van der Waals surface area contributed by atoms with Crippen LogP contribution in [0.5, 0.6) is 0 Å². The maximum absolute atomic E-state index is 12.8. The standard InChI is InChI=1S/C12H12F2N2O2S2/c13-12(14,7-17)6-15-10(18)3-9-5-20-11(16-9)8-1-2-19-4-8/h1-2,4-5,17H,3,6-7H2,(H,15,18). The van der Waals surface area contributed by atoms with Gasteiger partial charge in [-0.1, -0.05) is 0 Å². The Balaban J connectivity index is 1.89. The van der Waals surface area contributed by atoms with Crippen LogP contribution in [0.4, 0.5) is 8.78 Å². The van der Waals surface area contributed by atoms with Crippen LogP contribution in [-0.4, -0.2) is 35.1 Å². The van der Waals surface area contributed by atoms with E-state index in [1.165, 1.54) is 11.3 Å². The highest BCUT2D eigenvalue weighted by Gasteiger charge is 2.28. The van der Waals surface area contributed by atoms with Gasteiger partial charge in [-0.15, -0.1) is 11.3 Å². The number of hydrogen-bond acceptors (Lipinski definition) is 5. The van der Waals surface area contributed by atoms with Gasteiger partial charge in [-0.3, -0.25) is 4.79 Å². The van der Waals surface area contributed by atoms with Crippen molar-refractivity contribution in [2.24, 2.45) is 0 Å². The molecule has 2 N–H and O–H groups in total. The van der Waals surface area contributed by atoms with E-state index in [1.54, 1.807) is 16.7 Å². The van der Waals surface area contributed by atoms with E-state index in [0.717, 1.165) is 10.6 Å². The van der Waals surface area contributed by atoms with Crippen molar-refractivity contribution in [2.45, 2.75) is 12.3 Å². The number of thiazole rings is 1. The normalized spacial score (nSPS) is 11.6. The average molecular weight is 318 g/mol. The number of aliphatic hydroxyl groups is 1. The van der Waals surface area contributed by atoms with Crippen LogP contribution >= 0.6 is 22.7 Å². The van der Waals surface area contributed by atoms with Crippen LogP contribution in [0.15, 0.2) is 22.2 Å². The second-order valence-electron chi connectivity index (χ2n) is 4.12. The number of carbonyl (C=O) groups is 1. The molecule has 2 rings (SSSR count). The van der Waals surface area contributed by atoms with E-state index in [1.807, 2.05) is 16.8 Å². The molecule has 2 heterocycles. The van der Waals surface area contributed by atoms with Crippen LogP contribution in [-0.2, 0) is 11.2 Å². The maximum Gasteiger partial charge on any atom is 0.287 e. The molecule has 1 amide bonds. The number of thiophene rings is 1. The first kappa shape index (κ1) is 15.0. The minimum Gasteiger partial charge on any atom is -0.390 e. The van der Waals surface area contributed by atoms with Crippen LogP contribution in [0.1, 0.15) is 5.69 Å². The predicted molar refractivity (Wildman–Crippen MR) is 74.2 cm³/mol. The lowest BCUT2D eigenvalue weighted by Crippen LogP contribution is -2.39. The van der Waals surface area contributed by atoms with E-state index in [2.05, 4.69) is 10.3 Å². The van der Waals surface area contributed by atoms with E-state index >= 15 is 0 Å². The Bertz CT molecular complexity index is 570. The number of aromatic nitrogens is 1. The van der Waals surface area contributed by atoms with Crippen molar-refractivity contribution in [2.75, 3.05) is 13.2 Å². The summed E-state index contributed by atoms with van der Waals surface area (Å²) in [5, 5.41) is 16.9. The monoisotopic (exact) mass is 318 g/mol. The van der Waals surface area contributed by atoms with Crippen LogP contribution < -0.4 is 5.32 Å². The molecule has 0 saturated heterocycles. The molecule has 0 spiro atoms. The van der Waals surface area contributed by atoms with Gasteiger partial charge in [-0.05, 0) is 11.4 Å². The summed E-state index contributed by atoms with van der Waals surface area (Å²) < 4.78 is 25.5. The number of hydrogen-bond donors (Lipinski definition) is 2. The molecule has 0 radical (unpaired) electrons. The van der Waals surface area contributed by atoms with Crippen molar-refractivity contribution in [3.05, 3.63) is 27.9 Å². The highest BCUT2D eigenvalue weighted by molar-refractivity contribution is 7.14. The van der Waals surface area contributed by atoms with E-state index in [4.69, 9.17) is 5.11 Å². The molecule has 0 aliphatic heterocycles. The van der Waals surface area contributed by atoms with E-state index < -0.39 is 25.0 Å². The summed E-state index contributed by atoms with van der Waals surface area (Å²) in [7, 11) is 0. The van der Waals surface area contributed by atoms with Gasteiger partial charge in [0, 0.05) is 16.3 Å². The molecular formula is C12H12F2N2O2S2. The first-order valence-corrected chi connectivity index (χ1v) is 7.55. The van der Waals surface area contributed by atoms with Gasteiger partial charge in [-0.25, -0.2) is 13.8 Å². The van der Waals surface area contributed by atoms with Gasteiger partial charge >= 0.3 is 0 Å². The molecule has 0 unspecified atom stereocenters. The summed E-state index contributed by atoms with van der Waals surface area (Å²) in [5.74, 6) is -3.83. The van der Waals surface area contributed by atoms with Crippen LogP contribution in [0.2, 0.25) is 0 Å². The van der Waals surface area contributed by atoms with E-state index in [9.17, 15) is 13.6 Å². The van der Waals surface area contributed by atoms with Crippen molar-refractivity contribution in [3.63, 3.8) is 0 Å². The van der Waals surface area contributed by atoms with Crippen LogP contribution in [0.25, 0.3) is 10.6 Å². The van der Waals surface area contributed by atoms with Gasteiger partial charge in [0.2, 0.25) is 5.91 Å². The predicted octanol–water partition coefficient (Wildman–Crippen LogP) is 2.16. The van der Waals surface area contributed by atoms with Crippen molar-refractivity contribution in [1.29, 1.82) is 0 Å². The number of carbonyl (C=O) groups excluding carboxylic acids is 1. The fraction of sp³-hybridized carbons (Fsp3) is 0.333. The smallest absolute Gasteiger partial charge is 0.287 e. The minimum atomic E-state index is -3.29. The quantitative estimate of drug-likeness (QED) is 0.858. The molecule has 0 aromatic carbocycles. The fourth-order valence-electron chi connectivity index (χ4n) is 1.42.